The van der Waals surface area contributed by atoms with Crippen LogP contribution in [0.5, 0.6) is 0 Å². The van der Waals surface area contributed by atoms with E-state index >= 15 is 0 Å². The Kier molecular flexibility index (Phi) is 4.78. The van der Waals surface area contributed by atoms with Gasteiger partial charge in [-0.25, -0.2) is 4.79 Å². The van der Waals surface area contributed by atoms with Crippen molar-refractivity contribution >= 4 is 12.0 Å². The van der Waals surface area contributed by atoms with Crippen LogP contribution >= 0.6 is 0 Å². The van der Waals surface area contributed by atoms with E-state index in [0.29, 0.717) is 0 Å². The van der Waals surface area contributed by atoms with Crippen molar-refractivity contribution in [2.75, 3.05) is 13.1 Å². The molecule has 0 aromatic heterocycles. The van der Waals surface area contributed by atoms with Crippen molar-refractivity contribution in [3.05, 3.63) is 0 Å². The van der Waals surface area contributed by atoms with E-state index in [-0.39, 0.29) is 31.1 Å². The highest BCUT2D eigenvalue weighted by atomic mass is 16.4. The van der Waals surface area contributed by atoms with Gasteiger partial charge in [0, 0.05) is 25.2 Å². The summed E-state index contributed by atoms with van der Waals surface area (Å²) >= 11 is 0. The molecule has 1 fully saturated rings. The third kappa shape index (κ3) is 3.61. The topological polar surface area (TPSA) is 60.9 Å². The Morgan fingerprint density at radius 3 is 2.53 bits per heavy atom. The predicted molar refractivity (Wildman–Crippen MR) is 64.9 cm³/mol. The number of carboxylic acids is 1. The van der Waals surface area contributed by atoms with Crippen molar-refractivity contribution in [3.63, 3.8) is 0 Å². The van der Waals surface area contributed by atoms with Crippen LogP contribution in [0.3, 0.4) is 0 Å². The molecule has 0 spiro atoms. The van der Waals surface area contributed by atoms with Crippen molar-refractivity contribution in [1.29, 1.82) is 0 Å². The normalized spacial score (nSPS) is 19.8. The minimum atomic E-state index is -0.863. The molecule has 1 rings (SSSR count). The van der Waals surface area contributed by atoms with Crippen molar-refractivity contribution in [2.24, 2.45) is 0 Å². The molecule has 0 saturated carbocycles. The van der Waals surface area contributed by atoms with Crippen LogP contribution in [-0.4, -0.2) is 52.1 Å². The maximum absolute atomic E-state index is 12.3. The van der Waals surface area contributed by atoms with Crippen LogP contribution in [-0.2, 0) is 4.79 Å². The number of hydrogen-bond acceptors (Lipinski definition) is 2. The van der Waals surface area contributed by atoms with Gasteiger partial charge in [-0.1, -0.05) is 0 Å². The zero-order valence-corrected chi connectivity index (χ0v) is 10.8. The Balaban J connectivity index is 2.63. The molecule has 1 heterocycles. The highest BCUT2D eigenvalue weighted by Crippen LogP contribution is 2.19. The molecule has 0 aromatic rings. The van der Waals surface area contributed by atoms with Gasteiger partial charge in [0.2, 0.25) is 0 Å². The lowest BCUT2D eigenvalue weighted by atomic mass is 10.2. The van der Waals surface area contributed by atoms with Gasteiger partial charge < -0.3 is 14.9 Å². The second kappa shape index (κ2) is 5.89. The molecule has 1 N–H and O–H groups in total. The number of aliphatic carboxylic acids is 1. The molecule has 5 heteroatoms. The number of urea groups is 1. The van der Waals surface area contributed by atoms with E-state index in [4.69, 9.17) is 5.11 Å². The Hall–Kier alpha value is -1.26. The molecule has 0 radical (unpaired) electrons. The lowest BCUT2D eigenvalue weighted by molar-refractivity contribution is -0.137. The maximum atomic E-state index is 12.3. The summed E-state index contributed by atoms with van der Waals surface area (Å²) < 4.78 is 0. The van der Waals surface area contributed by atoms with Gasteiger partial charge in [0.15, 0.2) is 0 Å². The number of rotatable bonds is 4. The quantitative estimate of drug-likeness (QED) is 0.817. The summed E-state index contributed by atoms with van der Waals surface area (Å²) in [5.41, 5.74) is 0. The zero-order valence-electron chi connectivity index (χ0n) is 10.8. The number of hydrogen-bond donors (Lipinski definition) is 1. The molecule has 1 unspecified atom stereocenters. The molecule has 2 amide bonds. The van der Waals surface area contributed by atoms with E-state index in [1.165, 1.54) is 0 Å². The van der Waals surface area contributed by atoms with Crippen LogP contribution < -0.4 is 0 Å². The summed E-state index contributed by atoms with van der Waals surface area (Å²) in [5, 5.41) is 8.69. The highest BCUT2D eigenvalue weighted by Gasteiger charge is 2.30. The van der Waals surface area contributed by atoms with E-state index in [1.807, 2.05) is 25.7 Å². The number of carbonyl (C=O) groups excluding carboxylic acids is 1. The van der Waals surface area contributed by atoms with Crippen LogP contribution in [0.15, 0.2) is 0 Å². The minimum Gasteiger partial charge on any atom is -0.481 e. The van der Waals surface area contributed by atoms with Crippen molar-refractivity contribution in [3.8, 4) is 0 Å². The van der Waals surface area contributed by atoms with E-state index in [9.17, 15) is 9.59 Å². The molecule has 1 aliphatic rings. The lowest BCUT2D eigenvalue weighted by Gasteiger charge is -2.33. The number of likely N-dealkylation sites (tertiary alicyclic amines) is 1. The van der Waals surface area contributed by atoms with Crippen molar-refractivity contribution in [1.82, 2.24) is 9.80 Å². The van der Waals surface area contributed by atoms with Gasteiger partial charge in [-0.3, -0.25) is 4.79 Å². The van der Waals surface area contributed by atoms with Gasteiger partial charge in [-0.15, -0.1) is 0 Å². The monoisotopic (exact) mass is 242 g/mol. The highest BCUT2D eigenvalue weighted by molar-refractivity contribution is 5.76. The first-order valence-electron chi connectivity index (χ1n) is 6.22. The molecule has 1 saturated heterocycles. The first-order valence-corrected chi connectivity index (χ1v) is 6.22. The van der Waals surface area contributed by atoms with Gasteiger partial charge in [-0.05, 0) is 33.6 Å². The Labute approximate surface area is 102 Å². The summed E-state index contributed by atoms with van der Waals surface area (Å²) in [6, 6.07) is 0.287. The first kappa shape index (κ1) is 13.8. The largest absolute Gasteiger partial charge is 0.481 e. The molecular weight excluding hydrogens is 220 g/mol. The minimum absolute atomic E-state index is 0.00609. The van der Waals surface area contributed by atoms with Gasteiger partial charge in [0.1, 0.15) is 0 Å². The van der Waals surface area contributed by atoms with Crippen LogP contribution in [0.25, 0.3) is 0 Å². The smallest absolute Gasteiger partial charge is 0.320 e. The fourth-order valence-corrected chi connectivity index (χ4v) is 2.17. The van der Waals surface area contributed by atoms with Gasteiger partial charge in [-0.2, -0.15) is 0 Å². The molecule has 1 aliphatic heterocycles. The molecule has 0 bridgehead atoms. The molecule has 98 valence electrons. The summed E-state index contributed by atoms with van der Waals surface area (Å²) in [4.78, 5) is 26.3. The van der Waals surface area contributed by atoms with Crippen molar-refractivity contribution < 1.29 is 14.7 Å². The van der Waals surface area contributed by atoms with Crippen LogP contribution in [0.1, 0.15) is 40.0 Å². The summed E-state index contributed by atoms with van der Waals surface area (Å²) in [6.45, 7) is 6.95. The Bertz CT molecular complexity index is 291. The molecular formula is C12H22N2O3. The molecule has 1 atom stereocenters. The first-order chi connectivity index (χ1) is 7.93. The maximum Gasteiger partial charge on any atom is 0.320 e. The number of nitrogens with zero attached hydrogens (tertiary/aromatic N) is 2. The average Bonchev–Trinajstić information content (AvgIpc) is 2.63. The van der Waals surface area contributed by atoms with Gasteiger partial charge in [0.05, 0.1) is 6.42 Å². The predicted octanol–water partition coefficient (Wildman–Crippen LogP) is 1.78. The number of carboxylic acid groups (broad SMARTS) is 1. The van der Waals surface area contributed by atoms with E-state index < -0.39 is 5.97 Å². The van der Waals surface area contributed by atoms with E-state index in [1.54, 1.807) is 4.90 Å². The Morgan fingerprint density at radius 1 is 1.47 bits per heavy atom. The summed E-state index contributed by atoms with van der Waals surface area (Å²) in [6.07, 6.45) is 2.08. The van der Waals surface area contributed by atoms with Gasteiger partial charge >= 0.3 is 12.0 Å². The SMILES string of the molecule is CC(C)N(CCC(=O)O)C(=O)N1CCCC1C. The van der Waals surface area contributed by atoms with Crippen LogP contribution in [0, 0.1) is 0 Å². The molecule has 17 heavy (non-hydrogen) atoms. The Morgan fingerprint density at radius 2 is 2.12 bits per heavy atom. The van der Waals surface area contributed by atoms with E-state index in [0.717, 1.165) is 19.4 Å². The fourth-order valence-electron chi connectivity index (χ4n) is 2.17. The van der Waals surface area contributed by atoms with Crippen LogP contribution in [0.2, 0.25) is 0 Å². The third-order valence-electron chi connectivity index (χ3n) is 3.23. The zero-order chi connectivity index (χ0) is 13.0. The van der Waals surface area contributed by atoms with Crippen LogP contribution in [0.4, 0.5) is 4.79 Å². The lowest BCUT2D eigenvalue weighted by Crippen LogP contribution is -2.48. The fraction of sp³-hybridized carbons (Fsp3) is 0.833. The second-order valence-electron chi connectivity index (χ2n) is 4.90. The molecule has 5 nitrogen and oxygen atoms in total. The summed E-state index contributed by atoms with van der Waals surface area (Å²) in [7, 11) is 0. The average molecular weight is 242 g/mol. The number of carbonyl (C=O) groups is 2. The van der Waals surface area contributed by atoms with Crippen molar-refractivity contribution in [2.45, 2.75) is 52.1 Å². The third-order valence-corrected chi connectivity index (χ3v) is 3.23. The van der Waals surface area contributed by atoms with Gasteiger partial charge in [0.25, 0.3) is 0 Å². The second-order valence-corrected chi connectivity index (χ2v) is 4.90. The van der Waals surface area contributed by atoms with E-state index in [2.05, 4.69) is 0 Å². The molecule has 0 aromatic carbocycles. The summed E-state index contributed by atoms with van der Waals surface area (Å²) in [5.74, 6) is -0.863. The standard InChI is InChI=1S/C12H22N2O3/c1-9(2)13(8-6-11(15)16)12(17)14-7-4-5-10(14)3/h9-10H,4-8H2,1-3H3,(H,15,16). The molecule has 0 aliphatic carbocycles. The number of amides is 2.